The van der Waals surface area contributed by atoms with E-state index < -0.39 is 41.0 Å². The van der Waals surface area contributed by atoms with Gasteiger partial charge in [0.1, 0.15) is 0 Å². The van der Waals surface area contributed by atoms with Crippen molar-refractivity contribution in [2.75, 3.05) is 0 Å². The molecule has 3 fully saturated rings. The molecule has 2 bridgehead atoms. The molecule has 0 aromatic heterocycles. The lowest BCUT2D eigenvalue weighted by Crippen LogP contribution is -3.02. The van der Waals surface area contributed by atoms with Crippen molar-refractivity contribution in [3.63, 3.8) is 0 Å². The van der Waals surface area contributed by atoms with Crippen molar-refractivity contribution < 1.29 is 52.7 Å². The van der Waals surface area contributed by atoms with Crippen molar-refractivity contribution in [2.45, 2.75) is 41.0 Å². The molecule has 0 amide bonds. The summed E-state index contributed by atoms with van der Waals surface area (Å²) in [6.45, 7) is 0. The molecule has 0 atom stereocenters. The van der Waals surface area contributed by atoms with Crippen LogP contribution in [-0.4, -0.2) is 41.0 Å². The topological polar surface area (TPSA) is 0 Å². The van der Waals surface area contributed by atoms with Crippen molar-refractivity contribution in [1.29, 1.82) is 0 Å². The van der Waals surface area contributed by atoms with E-state index in [4.69, 9.17) is 0 Å². The molecule has 19 heavy (non-hydrogen) atoms. The maximum Gasteiger partial charge on any atom is 0.379 e. The summed E-state index contributed by atoms with van der Waals surface area (Å²) in [7, 11) is 0. The molecule has 0 aromatic carbocycles. The largest absolute Gasteiger partial charge is 0.379 e. The minimum atomic E-state index is -7.18. The third-order valence-electron chi connectivity index (χ3n) is 3.38. The fourth-order valence-electron chi connectivity index (χ4n) is 2.23. The minimum Gasteiger partial charge on any atom is -0.223 e. The van der Waals surface area contributed by atoms with Crippen molar-refractivity contribution in [1.82, 2.24) is 0 Å². The van der Waals surface area contributed by atoms with Crippen molar-refractivity contribution in [3.8, 4) is 0 Å². The van der Waals surface area contributed by atoms with Crippen LogP contribution in [0.2, 0.25) is 0 Å². The van der Waals surface area contributed by atoms with E-state index in [1.165, 1.54) is 0 Å². The lowest BCUT2D eigenvalue weighted by atomic mass is 9.49. The van der Waals surface area contributed by atoms with Crippen LogP contribution < -0.4 is 0 Å². The Kier molecular flexibility index (Phi) is 2.03. The predicted molar refractivity (Wildman–Crippen MR) is 32.4 cm³/mol. The molecule has 0 heterocycles. The monoisotopic (exact) mass is 312 g/mol. The summed E-state index contributed by atoms with van der Waals surface area (Å²) < 4.78 is 153. The Balaban J connectivity index is 2.89. The summed E-state index contributed by atoms with van der Waals surface area (Å²) >= 11 is 0. The fourth-order valence-corrected chi connectivity index (χ4v) is 2.23. The SMILES string of the molecule is FC1(F)C(F)(F)C2(F)C(F)(F)C(F)(C1(F)F)C2(F)F. The van der Waals surface area contributed by atoms with Crippen LogP contribution in [0.3, 0.4) is 0 Å². The van der Waals surface area contributed by atoms with E-state index in [-0.39, 0.29) is 0 Å². The molecule has 0 unspecified atom stereocenters. The third-order valence-corrected chi connectivity index (χ3v) is 3.38. The Morgan fingerprint density at radius 1 is 0.263 bits per heavy atom. The van der Waals surface area contributed by atoms with Gasteiger partial charge in [0, 0.05) is 0 Å². The minimum absolute atomic E-state index is 6.70. The van der Waals surface area contributed by atoms with Gasteiger partial charge >= 0.3 is 41.0 Å². The van der Waals surface area contributed by atoms with E-state index in [1.54, 1.807) is 0 Å². The van der Waals surface area contributed by atoms with Gasteiger partial charge in [0.25, 0.3) is 0 Å². The maximum absolute atomic E-state index is 13.1. The van der Waals surface area contributed by atoms with Crippen LogP contribution >= 0.6 is 0 Å². The van der Waals surface area contributed by atoms with Gasteiger partial charge in [-0.2, -0.15) is 43.9 Å². The third kappa shape index (κ3) is 0.779. The van der Waals surface area contributed by atoms with Crippen LogP contribution in [0, 0.1) is 0 Å². The van der Waals surface area contributed by atoms with E-state index in [1.807, 2.05) is 0 Å². The van der Waals surface area contributed by atoms with Crippen molar-refractivity contribution in [3.05, 3.63) is 0 Å². The molecule has 12 heteroatoms. The molecule has 3 rings (SSSR count). The van der Waals surface area contributed by atoms with E-state index in [0.29, 0.717) is 0 Å². The molecule has 3 saturated carbocycles. The lowest BCUT2D eigenvalue weighted by Gasteiger charge is -2.67. The normalized spacial score (nSPS) is 47.4. The number of alkyl halides is 12. The standard InChI is InChI=1S/C7F12/c8-1-3(10,11)2(9,4(1,12)13)6(16,17)7(18,19)5(1,14)15. The number of hydrogen-bond acceptors (Lipinski definition) is 0. The van der Waals surface area contributed by atoms with Crippen LogP contribution in [0.15, 0.2) is 0 Å². The molecule has 0 radical (unpaired) electrons. The van der Waals surface area contributed by atoms with Gasteiger partial charge in [-0.1, -0.05) is 0 Å². The zero-order chi connectivity index (χ0) is 15.5. The zero-order valence-electron chi connectivity index (χ0n) is 8.04. The van der Waals surface area contributed by atoms with Crippen molar-refractivity contribution in [2.24, 2.45) is 0 Å². The molecule has 0 aliphatic heterocycles. The molecule has 0 spiro atoms. The van der Waals surface area contributed by atoms with Crippen LogP contribution in [0.5, 0.6) is 0 Å². The lowest BCUT2D eigenvalue weighted by molar-refractivity contribution is -0.579. The molecule has 0 N–H and O–H groups in total. The van der Waals surface area contributed by atoms with E-state index in [0.717, 1.165) is 0 Å². The quantitative estimate of drug-likeness (QED) is 0.600. The van der Waals surface area contributed by atoms with E-state index >= 15 is 0 Å². The summed E-state index contributed by atoms with van der Waals surface area (Å²) in [6.07, 6.45) is 0. The van der Waals surface area contributed by atoms with Crippen LogP contribution in [0.4, 0.5) is 52.7 Å². The highest BCUT2D eigenvalue weighted by atomic mass is 19.4. The highest BCUT2D eigenvalue weighted by Crippen LogP contribution is 2.83. The van der Waals surface area contributed by atoms with Gasteiger partial charge < -0.3 is 0 Å². The van der Waals surface area contributed by atoms with E-state index in [2.05, 4.69) is 0 Å². The average Bonchev–Trinajstić information content (AvgIpc) is 2.22. The molecule has 0 aromatic rings. The summed E-state index contributed by atoms with van der Waals surface area (Å²) in [5.74, 6) is -34.8. The Bertz CT molecular complexity index is 395. The number of rotatable bonds is 0. The number of hydrogen-bond donors (Lipinski definition) is 0. The highest BCUT2D eigenvalue weighted by molar-refractivity contribution is 5.46. The van der Waals surface area contributed by atoms with Crippen LogP contribution in [0.25, 0.3) is 0 Å². The van der Waals surface area contributed by atoms with Gasteiger partial charge in [0.05, 0.1) is 0 Å². The molecule has 112 valence electrons. The number of fused-ring (bicyclic) bond motifs is 2. The molecular formula is C7F12. The second-order valence-corrected chi connectivity index (χ2v) is 4.19. The first-order valence-electron chi connectivity index (χ1n) is 4.27. The summed E-state index contributed by atoms with van der Waals surface area (Å²) in [5, 5.41) is 0. The Morgan fingerprint density at radius 2 is 0.474 bits per heavy atom. The first-order valence-corrected chi connectivity index (χ1v) is 4.27. The van der Waals surface area contributed by atoms with Crippen LogP contribution in [0.1, 0.15) is 0 Å². The molecule has 3 aliphatic rings. The first-order chi connectivity index (χ1) is 8.00. The second-order valence-electron chi connectivity index (χ2n) is 4.19. The molecule has 0 saturated heterocycles. The van der Waals surface area contributed by atoms with Gasteiger partial charge in [-0.05, 0) is 0 Å². The average molecular weight is 312 g/mol. The molecule has 0 nitrogen and oxygen atoms in total. The Morgan fingerprint density at radius 3 is 0.684 bits per heavy atom. The zero-order valence-corrected chi connectivity index (χ0v) is 8.04. The van der Waals surface area contributed by atoms with E-state index in [9.17, 15) is 52.7 Å². The smallest absolute Gasteiger partial charge is 0.223 e. The number of halogens is 12. The Labute approximate surface area is 94.9 Å². The van der Waals surface area contributed by atoms with Gasteiger partial charge in [0.2, 0.25) is 0 Å². The van der Waals surface area contributed by atoms with Gasteiger partial charge in [-0.15, -0.1) is 0 Å². The fraction of sp³-hybridized carbons (Fsp3) is 1.00. The van der Waals surface area contributed by atoms with Crippen molar-refractivity contribution >= 4 is 0 Å². The molecular weight excluding hydrogens is 312 g/mol. The molecule has 3 aliphatic carbocycles. The predicted octanol–water partition coefficient (Wildman–Crippen LogP) is 3.61. The summed E-state index contributed by atoms with van der Waals surface area (Å²) in [4.78, 5) is 0. The second kappa shape index (κ2) is 2.65. The Hall–Kier alpha value is -0.840. The highest BCUT2D eigenvalue weighted by Gasteiger charge is 3.18. The first kappa shape index (κ1) is 14.6. The van der Waals surface area contributed by atoms with Gasteiger partial charge in [0.15, 0.2) is 0 Å². The summed E-state index contributed by atoms with van der Waals surface area (Å²) in [5.41, 5.74) is -13.5. The van der Waals surface area contributed by atoms with Gasteiger partial charge in [-0.3, -0.25) is 0 Å². The van der Waals surface area contributed by atoms with Crippen LogP contribution in [-0.2, 0) is 0 Å². The van der Waals surface area contributed by atoms with Gasteiger partial charge in [-0.25, -0.2) is 8.78 Å². The summed E-state index contributed by atoms with van der Waals surface area (Å²) in [6, 6.07) is 0. The maximum atomic E-state index is 13.1.